The van der Waals surface area contributed by atoms with Crippen LogP contribution in [0.2, 0.25) is 0 Å². The second-order valence-electron chi connectivity index (χ2n) is 4.50. The van der Waals surface area contributed by atoms with Crippen molar-refractivity contribution in [3.8, 4) is 5.75 Å². The molecule has 0 radical (unpaired) electrons. The molecule has 2 aromatic rings. The Kier molecular flexibility index (Phi) is 4.02. The summed E-state index contributed by atoms with van der Waals surface area (Å²) in [6.45, 7) is 3.55. The van der Waals surface area contributed by atoms with E-state index in [2.05, 4.69) is 15.5 Å². The molecule has 106 valence electrons. The lowest BCUT2D eigenvalue weighted by atomic mass is 10.1. The Hall–Kier alpha value is -2.37. The molecule has 1 unspecified atom stereocenters. The van der Waals surface area contributed by atoms with Crippen molar-refractivity contribution in [2.24, 2.45) is 0 Å². The fourth-order valence-electron chi connectivity index (χ4n) is 1.89. The van der Waals surface area contributed by atoms with E-state index in [-0.39, 0.29) is 17.7 Å². The molecule has 20 heavy (non-hydrogen) atoms. The van der Waals surface area contributed by atoms with Crippen LogP contribution >= 0.6 is 0 Å². The monoisotopic (exact) mass is 277 g/mol. The van der Waals surface area contributed by atoms with Crippen molar-refractivity contribution >= 4 is 5.91 Å². The number of rotatable bonds is 4. The third-order valence-electron chi connectivity index (χ3n) is 3.10. The van der Waals surface area contributed by atoms with E-state index in [9.17, 15) is 9.18 Å². The van der Waals surface area contributed by atoms with Crippen molar-refractivity contribution in [3.63, 3.8) is 0 Å². The van der Waals surface area contributed by atoms with Crippen LogP contribution in [0.4, 0.5) is 4.39 Å². The van der Waals surface area contributed by atoms with E-state index in [1.807, 2.05) is 0 Å². The Bertz CT molecular complexity index is 625. The summed E-state index contributed by atoms with van der Waals surface area (Å²) in [4.78, 5) is 12.0. The highest BCUT2D eigenvalue weighted by atomic mass is 19.1. The third-order valence-corrected chi connectivity index (χ3v) is 3.10. The number of ether oxygens (including phenoxy) is 1. The molecule has 5 nitrogen and oxygen atoms in total. The summed E-state index contributed by atoms with van der Waals surface area (Å²) in [6, 6.07) is 4.29. The number of nitrogens with zero attached hydrogens (tertiary/aromatic N) is 1. The van der Waals surface area contributed by atoms with Gasteiger partial charge >= 0.3 is 0 Å². The normalized spacial score (nSPS) is 12.0. The number of amides is 1. The first kappa shape index (κ1) is 14.0. The number of aromatic amines is 1. The zero-order valence-corrected chi connectivity index (χ0v) is 11.5. The Balaban J connectivity index is 2.12. The summed E-state index contributed by atoms with van der Waals surface area (Å²) in [5.41, 5.74) is 1.83. The second kappa shape index (κ2) is 5.73. The second-order valence-corrected chi connectivity index (χ2v) is 4.50. The van der Waals surface area contributed by atoms with E-state index in [4.69, 9.17) is 4.74 Å². The van der Waals surface area contributed by atoms with Crippen molar-refractivity contribution in [3.05, 3.63) is 47.0 Å². The van der Waals surface area contributed by atoms with Gasteiger partial charge in [-0.25, -0.2) is 4.39 Å². The first-order chi connectivity index (χ1) is 9.52. The molecular formula is C14H16FN3O2. The largest absolute Gasteiger partial charge is 0.494 e. The minimum Gasteiger partial charge on any atom is -0.494 e. The minimum absolute atomic E-state index is 0.179. The van der Waals surface area contributed by atoms with E-state index in [0.717, 1.165) is 0 Å². The van der Waals surface area contributed by atoms with Gasteiger partial charge in [-0.15, -0.1) is 0 Å². The SMILES string of the molecule is COc1ccc(C(C)NC(=O)c2cn[nH]c2C)cc1F. The number of aromatic nitrogens is 2. The van der Waals surface area contributed by atoms with Crippen molar-refractivity contribution < 1.29 is 13.9 Å². The molecule has 1 aromatic heterocycles. The molecule has 0 saturated heterocycles. The maximum atomic E-state index is 13.6. The number of hydrogen-bond donors (Lipinski definition) is 2. The highest BCUT2D eigenvalue weighted by molar-refractivity contribution is 5.95. The lowest BCUT2D eigenvalue weighted by Gasteiger charge is -2.15. The highest BCUT2D eigenvalue weighted by Crippen LogP contribution is 2.22. The number of nitrogens with one attached hydrogen (secondary N) is 2. The Morgan fingerprint density at radius 2 is 2.25 bits per heavy atom. The average molecular weight is 277 g/mol. The number of carbonyl (C=O) groups is 1. The summed E-state index contributed by atoms with van der Waals surface area (Å²) >= 11 is 0. The molecule has 0 spiro atoms. The number of carbonyl (C=O) groups excluding carboxylic acids is 1. The number of aryl methyl sites for hydroxylation is 1. The maximum Gasteiger partial charge on any atom is 0.255 e. The van der Waals surface area contributed by atoms with Gasteiger partial charge in [0.05, 0.1) is 24.9 Å². The van der Waals surface area contributed by atoms with Gasteiger partial charge in [0.1, 0.15) is 0 Å². The molecule has 6 heteroatoms. The molecule has 2 N–H and O–H groups in total. The molecule has 1 amide bonds. The van der Waals surface area contributed by atoms with Crippen molar-refractivity contribution in [1.29, 1.82) is 0 Å². The molecule has 0 aliphatic rings. The molecule has 0 fully saturated rings. The van der Waals surface area contributed by atoms with Gasteiger partial charge in [0.15, 0.2) is 11.6 Å². The average Bonchev–Trinajstić information content (AvgIpc) is 2.84. The van der Waals surface area contributed by atoms with E-state index >= 15 is 0 Å². The molecule has 2 rings (SSSR count). The Morgan fingerprint density at radius 3 is 2.80 bits per heavy atom. The van der Waals surface area contributed by atoms with Gasteiger partial charge in [-0.2, -0.15) is 5.10 Å². The van der Waals surface area contributed by atoms with Gasteiger partial charge in [0, 0.05) is 5.69 Å². The molecule has 0 aliphatic carbocycles. The maximum absolute atomic E-state index is 13.6. The van der Waals surface area contributed by atoms with Gasteiger partial charge in [-0.05, 0) is 31.5 Å². The van der Waals surface area contributed by atoms with Crippen LogP contribution in [0.15, 0.2) is 24.4 Å². The fourth-order valence-corrected chi connectivity index (χ4v) is 1.89. The van der Waals surface area contributed by atoms with Crippen molar-refractivity contribution in [2.75, 3.05) is 7.11 Å². The molecule has 1 aromatic carbocycles. The molecule has 0 saturated carbocycles. The number of hydrogen-bond acceptors (Lipinski definition) is 3. The summed E-state index contributed by atoms with van der Waals surface area (Å²) in [6.07, 6.45) is 1.46. The minimum atomic E-state index is -0.453. The lowest BCUT2D eigenvalue weighted by Crippen LogP contribution is -2.27. The lowest BCUT2D eigenvalue weighted by molar-refractivity contribution is 0.0939. The molecule has 0 bridgehead atoms. The molecular weight excluding hydrogens is 261 g/mol. The fraction of sp³-hybridized carbons (Fsp3) is 0.286. The van der Waals surface area contributed by atoms with Crippen LogP contribution in [0.1, 0.15) is 34.6 Å². The van der Waals surface area contributed by atoms with Crippen LogP contribution in [-0.2, 0) is 0 Å². The van der Waals surface area contributed by atoms with Crippen LogP contribution in [0.25, 0.3) is 0 Å². The highest BCUT2D eigenvalue weighted by Gasteiger charge is 2.15. The Labute approximate surface area is 116 Å². The van der Waals surface area contributed by atoms with E-state index < -0.39 is 5.82 Å². The van der Waals surface area contributed by atoms with E-state index in [1.165, 1.54) is 25.4 Å². The standard InChI is InChI=1S/C14H16FN3O2/c1-8(10-4-5-13(20-3)12(15)6-10)17-14(19)11-7-16-18-9(11)2/h4-8H,1-3H3,(H,16,18)(H,17,19). The summed E-state index contributed by atoms with van der Waals surface area (Å²) in [7, 11) is 1.41. The number of methoxy groups -OCH3 is 1. The van der Waals surface area contributed by atoms with Gasteiger partial charge in [0.2, 0.25) is 0 Å². The summed E-state index contributed by atoms with van der Waals surface area (Å²) in [5, 5.41) is 9.29. The first-order valence-corrected chi connectivity index (χ1v) is 6.17. The van der Waals surface area contributed by atoms with Crippen molar-refractivity contribution in [2.45, 2.75) is 19.9 Å². The molecule has 0 aliphatic heterocycles. The summed E-state index contributed by atoms with van der Waals surface area (Å²) < 4.78 is 18.5. The van der Waals surface area contributed by atoms with Crippen LogP contribution in [0.5, 0.6) is 5.75 Å². The number of halogens is 1. The van der Waals surface area contributed by atoms with Gasteiger partial charge in [-0.1, -0.05) is 6.07 Å². The quantitative estimate of drug-likeness (QED) is 0.901. The van der Waals surface area contributed by atoms with Crippen LogP contribution in [0, 0.1) is 12.7 Å². The van der Waals surface area contributed by atoms with Crippen LogP contribution in [-0.4, -0.2) is 23.2 Å². The molecule has 1 atom stereocenters. The number of benzene rings is 1. The topological polar surface area (TPSA) is 67.0 Å². The zero-order chi connectivity index (χ0) is 14.7. The van der Waals surface area contributed by atoms with Gasteiger partial charge in [0.25, 0.3) is 5.91 Å². The predicted octanol–water partition coefficient (Wildman–Crippen LogP) is 2.36. The summed E-state index contributed by atoms with van der Waals surface area (Å²) in [5.74, 6) is -0.525. The van der Waals surface area contributed by atoms with Gasteiger partial charge in [-0.3, -0.25) is 9.89 Å². The van der Waals surface area contributed by atoms with Gasteiger partial charge < -0.3 is 10.1 Å². The van der Waals surface area contributed by atoms with E-state index in [1.54, 1.807) is 19.9 Å². The third kappa shape index (κ3) is 2.79. The number of H-pyrrole nitrogens is 1. The zero-order valence-electron chi connectivity index (χ0n) is 11.5. The van der Waals surface area contributed by atoms with Crippen LogP contribution < -0.4 is 10.1 Å². The predicted molar refractivity (Wildman–Crippen MR) is 72.2 cm³/mol. The first-order valence-electron chi connectivity index (χ1n) is 6.17. The van der Waals surface area contributed by atoms with Crippen LogP contribution in [0.3, 0.4) is 0 Å². The Morgan fingerprint density at radius 1 is 1.50 bits per heavy atom. The van der Waals surface area contributed by atoms with E-state index in [0.29, 0.717) is 16.8 Å². The molecule has 1 heterocycles. The van der Waals surface area contributed by atoms with Crippen molar-refractivity contribution in [1.82, 2.24) is 15.5 Å². The smallest absolute Gasteiger partial charge is 0.255 e.